The molecule has 0 amide bonds. The summed E-state index contributed by atoms with van der Waals surface area (Å²) in [6, 6.07) is 16.3. The fourth-order valence-electron chi connectivity index (χ4n) is 5.65. The summed E-state index contributed by atoms with van der Waals surface area (Å²) in [6.45, 7) is 6.26. The second-order valence-corrected chi connectivity index (χ2v) is 9.92. The molecule has 0 saturated heterocycles. The molecular weight excluding hydrogens is 454 g/mol. The number of hydrazine groups is 1. The molecule has 0 aliphatic heterocycles. The van der Waals surface area contributed by atoms with Crippen LogP contribution in [0.5, 0.6) is 0 Å². The summed E-state index contributed by atoms with van der Waals surface area (Å²) in [5, 5.41) is 3.44. The summed E-state index contributed by atoms with van der Waals surface area (Å²) in [4.78, 5) is 19.6. The van der Waals surface area contributed by atoms with Crippen molar-refractivity contribution in [2.45, 2.75) is 50.9 Å². The van der Waals surface area contributed by atoms with Gasteiger partial charge in [0.1, 0.15) is 0 Å². The van der Waals surface area contributed by atoms with Gasteiger partial charge in [0, 0.05) is 17.5 Å². The lowest BCUT2D eigenvalue weighted by Gasteiger charge is -2.42. The minimum atomic E-state index is -0.177. The van der Waals surface area contributed by atoms with Crippen molar-refractivity contribution in [1.82, 2.24) is 20.3 Å². The average Bonchev–Trinajstić information content (AvgIpc) is 2.87. The Morgan fingerprint density at radius 2 is 1.89 bits per heavy atom. The minimum absolute atomic E-state index is 0.00466. The maximum atomic E-state index is 14.5. The molecule has 0 atom stereocenters. The van der Waals surface area contributed by atoms with Crippen molar-refractivity contribution in [3.63, 3.8) is 0 Å². The zero-order valence-corrected chi connectivity index (χ0v) is 20.9. The first-order chi connectivity index (χ1) is 17.0. The number of nitrogens with one attached hydrogen (secondary N) is 3. The number of anilines is 1. The quantitative estimate of drug-likeness (QED) is 0.270. The fourth-order valence-corrected chi connectivity index (χ4v) is 5.79. The zero-order valence-electron chi connectivity index (χ0n) is 20.1. The number of hydrogen-bond donors (Lipinski definition) is 3. The summed E-state index contributed by atoms with van der Waals surface area (Å²) >= 11 is 5.37. The van der Waals surface area contributed by atoms with Gasteiger partial charge in [-0.25, -0.2) is 9.55 Å². The third-order valence-corrected chi connectivity index (χ3v) is 7.52. The molecule has 1 spiro atoms. The van der Waals surface area contributed by atoms with Crippen LogP contribution in [0, 0.1) is 6.92 Å². The fraction of sp³-hybridized carbons (Fsp3) is 0.321. The Labute approximate surface area is 211 Å². The zero-order chi connectivity index (χ0) is 24.4. The Kier molecular flexibility index (Phi) is 6.43. The van der Waals surface area contributed by atoms with E-state index < -0.39 is 0 Å². The van der Waals surface area contributed by atoms with E-state index in [1.807, 2.05) is 37.3 Å². The van der Waals surface area contributed by atoms with Crippen molar-refractivity contribution in [2.75, 3.05) is 12.0 Å². The van der Waals surface area contributed by atoms with Crippen LogP contribution >= 0.6 is 12.2 Å². The summed E-state index contributed by atoms with van der Waals surface area (Å²) in [5.74, 6) is 0.411. The molecule has 1 fully saturated rings. The number of para-hydroxylation sites is 1. The van der Waals surface area contributed by atoms with Crippen molar-refractivity contribution in [3.8, 4) is 16.9 Å². The van der Waals surface area contributed by atoms with E-state index in [2.05, 4.69) is 40.9 Å². The average molecular weight is 486 g/mol. The maximum Gasteiger partial charge on any atom is 0.263 e. The van der Waals surface area contributed by atoms with Gasteiger partial charge in [-0.2, -0.15) is 0 Å². The van der Waals surface area contributed by atoms with Crippen LogP contribution in [-0.4, -0.2) is 21.2 Å². The first-order valence-corrected chi connectivity index (χ1v) is 12.7. The molecule has 2 aliphatic rings. The van der Waals surface area contributed by atoms with E-state index in [1.54, 1.807) is 10.6 Å². The molecular formula is C28H31N5OS. The highest BCUT2D eigenvalue weighted by molar-refractivity contribution is 7.80. The van der Waals surface area contributed by atoms with Gasteiger partial charge in [0.25, 0.3) is 5.56 Å². The highest BCUT2D eigenvalue weighted by Crippen LogP contribution is 2.48. The first kappa shape index (κ1) is 23.3. The van der Waals surface area contributed by atoms with Crippen LogP contribution in [0.2, 0.25) is 0 Å². The molecule has 5 rings (SSSR count). The lowest BCUT2D eigenvalue weighted by Crippen LogP contribution is -2.45. The van der Waals surface area contributed by atoms with Crippen LogP contribution in [-0.2, 0) is 11.8 Å². The van der Waals surface area contributed by atoms with Crippen LogP contribution in [0.25, 0.3) is 16.9 Å². The largest absolute Gasteiger partial charge is 0.358 e. The van der Waals surface area contributed by atoms with Gasteiger partial charge in [0.05, 0.1) is 16.9 Å². The molecule has 1 heterocycles. The predicted molar refractivity (Wildman–Crippen MR) is 146 cm³/mol. The number of hydrogen-bond acceptors (Lipinski definition) is 4. The highest BCUT2D eigenvalue weighted by Gasteiger charge is 2.43. The normalized spacial score (nSPS) is 15.6. The van der Waals surface area contributed by atoms with Gasteiger partial charge in [-0.05, 0) is 55.6 Å². The Balaban J connectivity index is 1.73. The number of rotatable bonds is 5. The van der Waals surface area contributed by atoms with Crippen LogP contribution < -0.4 is 21.7 Å². The number of aromatic nitrogens is 2. The van der Waals surface area contributed by atoms with E-state index in [1.165, 1.54) is 12.0 Å². The van der Waals surface area contributed by atoms with Gasteiger partial charge in [-0.15, -0.1) is 6.58 Å². The van der Waals surface area contributed by atoms with Gasteiger partial charge >= 0.3 is 0 Å². The number of fused-ring (bicyclic) bond motifs is 4. The van der Waals surface area contributed by atoms with Gasteiger partial charge in [0.15, 0.2) is 5.11 Å². The Bertz CT molecular complexity index is 1340. The second kappa shape index (κ2) is 9.66. The maximum absolute atomic E-state index is 14.5. The van der Waals surface area contributed by atoms with Gasteiger partial charge < -0.3 is 5.32 Å². The third-order valence-electron chi connectivity index (χ3n) is 7.28. The van der Waals surface area contributed by atoms with Gasteiger partial charge in [-0.3, -0.25) is 15.6 Å². The molecule has 1 aromatic heterocycles. The SMILES string of the molecule is C=CCNC(=S)NNc1nc2c(c(=O)n1-c1ccccc1C)C1(CCCCC1)Cc1ccccc1-2. The Morgan fingerprint density at radius 3 is 2.66 bits per heavy atom. The monoisotopic (exact) mass is 485 g/mol. The molecule has 3 N–H and O–H groups in total. The van der Waals surface area contributed by atoms with Crippen molar-refractivity contribution in [1.29, 1.82) is 0 Å². The molecule has 6 nitrogen and oxygen atoms in total. The molecule has 0 unspecified atom stereocenters. The van der Waals surface area contributed by atoms with Crippen molar-refractivity contribution in [2.24, 2.45) is 0 Å². The first-order valence-electron chi connectivity index (χ1n) is 12.3. The molecule has 0 radical (unpaired) electrons. The van der Waals surface area contributed by atoms with Gasteiger partial charge in [0.2, 0.25) is 5.95 Å². The lowest BCUT2D eigenvalue weighted by molar-refractivity contribution is 0.284. The smallest absolute Gasteiger partial charge is 0.263 e. The van der Waals surface area contributed by atoms with E-state index in [9.17, 15) is 4.79 Å². The summed E-state index contributed by atoms with van der Waals surface area (Å²) in [5.41, 5.74) is 11.7. The Morgan fingerprint density at radius 1 is 1.14 bits per heavy atom. The van der Waals surface area contributed by atoms with E-state index in [-0.39, 0.29) is 11.0 Å². The van der Waals surface area contributed by atoms with Crippen LogP contribution in [0.1, 0.15) is 48.8 Å². The molecule has 0 bridgehead atoms. The second-order valence-electron chi connectivity index (χ2n) is 9.51. The van der Waals surface area contributed by atoms with Crippen LogP contribution in [0.4, 0.5) is 5.95 Å². The van der Waals surface area contributed by atoms with E-state index in [0.29, 0.717) is 17.6 Å². The Hall–Kier alpha value is -3.45. The third kappa shape index (κ3) is 4.25. The molecule has 2 aromatic carbocycles. The van der Waals surface area contributed by atoms with E-state index in [0.717, 1.165) is 60.2 Å². The predicted octanol–water partition coefficient (Wildman–Crippen LogP) is 4.94. The molecule has 180 valence electrons. The summed E-state index contributed by atoms with van der Waals surface area (Å²) in [7, 11) is 0. The molecule has 7 heteroatoms. The summed E-state index contributed by atoms with van der Waals surface area (Å²) in [6.07, 6.45) is 8.14. The summed E-state index contributed by atoms with van der Waals surface area (Å²) < 4.78 is 1.71. The minimum Gasteiger partial charge on any atom is -0.358 e. The lowest BCUT2D eigenvalue weighted by atomic mass is 9.62. The van der Waals surface area contributed by atoms with Crippen LogP contribution in [0.3, 0.4) is 0 Å². The number of benzene rings is 2. The molecule has 1 saturated carbocycles. The number of thiocarbonyl (C=S) groups is 1. The van der Waals surface area contributed by atoms with Crippen LogP contribution in [0.15, 0.2) is 66.0 Å². The highest BCUT2D eigenvalue weighted by atomic mass is 32.1. The van der Waals surface area contributed by atoms with E-state index >= 15 is 0 Å². The van der Waals surface area contributed by atoms with Crippen molar-refractivity contribution in [3.05, 3.63) is 88.2 Å². The standard InChI is InChI=1S/C28H31N5OS/c1-3-17-29-27(35)32-31-26-30-24-21-13-7-6-12-20(21)18-28(15-9-4-10-16-28)23(24)25(34)33(26)22-14-8-5-11-19(22)2/h3,5-8,11-14H,1,4,9-10,15-18H2,2H3,(H,30,31)(H2,29,32,35). The van der Waals surface area contributed by atoms with Crippen molar-refractivity contribution < 1.29 is 0 Å². The molecule has 35 heavy (non-hydrogen) atoms. The van der Waals surface area contributed by atoms with E-state index in [4.69, 9.17) is 17.2 Å². The molecule has 3 aromatic rings. The molecule has 2 aliphatic carbocycles. The topological polar surface area (TPSA) is 71.0 Å². The number of nitrogens with zero attached hydrogens (tertiary/aromatic N) is 2. The van der Waals surface area contributed by atoms with Gasteiger partial charge in [-0.1, -0.05) is 67.8 Å². The number of aryl methyl sites for hydroxylation is 1. The van der Waals surface area contributed by atoms with Crippen molar-refractivity contribution >= 4 is 23.3 Å².